The molecule has 3 aromatic carbocycles. The lowest BCUT2D eigenvalue weighted by Gasteiger charge is -2.34. The highest BCUT2D eigenvalue weighted by Gasteiger charge is 2.53. The van der Waals surface area contributed by atoms with Gasteiger partial charge in [-0.15, -0.1) is 0 Å². The van der Waals surface area contributed by atoms with E-state index in [1.165, 1.54) is 30.3 Å². The van der Waals surface area contributed by atoms with Gasteiger partial charge in [-0.1, -0.05) is 41.3 Å². The lowest BCUT2D eigenvalue weighted by molar-refractivity contribution is -0.0197. The maximum absolute atomic E-state index is 15.2. The third-order valence-corrected chi connectivity index (χ3v) is 6.06. The second-order valence-electron chi connectivity index (χ2n) is 7.45. The number of oxime groups is 1. The van der Waals surface area contributed by atoms with Crippen molar-refractivity contribution < 1.29 is 22.4 Å². The minimum absolute atomic E-state index is 0.209. The molecule has 0 saturated carbocycles. The van der Waals surface area contributed by atoms with Crippen molar-refractivity contribution >= 4 is 28.9 Å². The van der Waals surface area contributed by atoms with E-state index in [1.54, 1.807) is 13.0 Å². The molecule has 0 fully saturated rings. The first-order valence-corrected chi connectivity index (χ1v) is 10.5. The Bertz CT molecular complexity index is 1320. The van der Waals surface area contributed by atoms with Crippen molar-refractivity contribution in [2.75, 3.05) is 0 Å². The lowest BCUT2D eigenvalue weighted by Crippen LogP contribution is -2.39. The van der Waals surface area contributed by atoms with Crippen molar-refractivity contribution in [3.8, 4) is 6.07 Å². The third kappa shape index (κ3) is 3.73. The van der Waals surface area contributed by atoms with Crippen molar-refractivity contribution in [3.05, 3.63) is 104 Å². The van der Waals surface area contributed by atoms with Crippen LogP contribution < -0.4 is 0 Å². The number of nitriles is 1. The van der Waals surface area contributed by atoms with Gasteiger partial charge in [0.2, 0.25) is 0 Å². The van der Waals surface area contributed by atoms with Crippen LogP contribution in [0.25, 0.3) is 0 Å². The molecular weight excluding hydrogens is 479 g/mol. The van der Waals surface area contributed by atoms with E-state index in [1.807, 2.05) is 0 Å². The molecule has 2 unspecified atom stereocenters. The van der Waals surface area contributed by atoms with Crippen LogP contribution in [0.4, 0.5) is 17.6 Å². The highest BCUT2D eigenvalue weighted by atomic mass is 35.5. The molecule has 0 amide bonds. The van der Waals surface area contributed by atoms with Crippen LogP contribution in [0.3, 0.4) is 0 Å². The van der Waals surface area contributed by atoms with Gasteiger partial charge in [-0.25, -0.2) is 17.6 Å². The molecule has 1 heterocycles. The van der Waals surface area contributed by atoms with E-state index in [9.17, 15) is 18.4 Å². The van der Waals surface area contributed by atoms with Gasteiger partial charge >= 0.3 is 0 Å². The van der Waals surface area contributed by atoms with Crippen LogP contribution in [0.2, 0.25) is 10.0 Å². The lowest BCUT2D eigenvalue weighted by atomic mass is 9.71. The number of nitrogens with zero attached hydrogens (tertiary/aromatic N) is 2. The predicted molar refractivity (Wildman–Crippen MR) is 116 cm³/mol. The van der Waals surface area contributed by atoms with Gasteiger partial charge in [0.15, 0.2) is 23.1 Å². The van der Waals surface area contributed by atoms with Crippen LogP contribution in [0.15, 0.2) is 53.7 Å². The summed E-state index contributed by atoms with van der Waals surface area (Å²) in [5.74, 6) is -5.95. The molecule has 1 aliphatic rings. The summed E-state index contributed by atoms with van der Waals surface area (Å²) in [5.41, 5.74) is -1.40. The van der Waals surface area contributed by atoms with E-state index in [-0.39, 0.29) is 32.4 Å². The van der Waals surface area contributed by atoms with E-state index in [2.05, 4.69) is 5.16 Å². The number of halogens is 6. The second kappa shape index (κ2) is 8.69. The zero-order valence-corrected chi connectivity index (χ0v) is 18.5. The maximum Gasteiger partial charge on any atom is 0.199 e. The van der Waals surface area contributed by atoms with Gasteiger partial charge in [0.05, 0.1) is 17.2 Å². The summed E-state index contributed by atoms with van der Waals surface area (Å²) in [4.78, 5) is 5.84. The third-order valence-electron chi connectivity index (χ3n) is 5.63. The Hall–Kier alpha value is -3.08. The van der Waals surface area contributed by atoms with Crippen LogP contribution in [0.5, 0.6) is 0 Å². The summed E-state index contributed by atoms with van der Waals surface area (Å²) >= 11 is 12.4. The van der Waals surface area contributed by atoms with Gasteiger partial charge in [-0.3, -0.25) is 0 Å². The average Bonchev–Trinajstić information content (AvgIpc) is 3.17. The van der Waals surface area contributed by atoms with E-state index in [0.29, 0.717) is 12.0 Å². The smallest absolute Gasteiger partial charge is 0.199 e. The van der Waals surface area contributed by atoms with Gasteiger partial charge < -0.3 is 4.84 Å². The van der Waals surface area contributed by atoms with Crippen molar-refractivity contribution in [1.82, 2.24) is 0 Å². The number of rotatable bonds is 4. The molecule has 9 heteroatoms. The summed E-state index contributed by atoms with van der Waals surface area (Å²) < 4.78 is 57.1. The molecule has 1 aliphatic heterocycles. The van der Waals surface area contributed by atoms with E-state index in [0.717, 1.165) is 18.2 Å². The minimum Gasteiger partial charge on any atom is -0.378 e. The first-order valence-electron chi connectivity index (χ1n) is 9.79. The highest BCUT2D eigenvalue weighted by molar-refractivity contribution is 6.34. The van der Waals surface area contributed by atoms with Crippen LogP contribution in [0.1, 0.15) is 35.6 Å². The molecule has 0 radical (unpaired) electrons. The van der Waals surface area contributed by atoms with Crippen molar-refractivity contribution in [2.24, 2.45) is 11.1 Å². The summed E-state index contributed by atoms with van der Waals surface area (Å²) in [6.45, 7) is 1.77. The second-order valence-corrected chi connectivity index (χ2v) is 8.32. The zero-order valence-electron chi connectivity index (χ0n) is 17.0. The van der Waals surface area contributed by atoms with Gasteiger partial charge in [0.25, 0.3) is 0 Å². The molecule has 0 saturated heterocycles. The number of benzene rings is 3. The normalized spacial score (nSPS) is 19.7. The molecule has 0 spiro atoms. The molecule has 2 atom stereocenters. The van der Waals surface area contributed by atoms with Crippen LogP contribution >= 0.6 is 23.2 Å². The number of hydrogen-bond acceptors (Lipinski definition) is 3. The Morgan fingerprint density at radius 3 is 2.27 bits per heavy atom. The van der Waals surface area contributed by atoms with Crippen molar-refractivity contribution in [3.63, 3.8) is 0 Å². The largest absolute Gasteiger partial charge is 0.378 e. The first kappa shape index (κ1) is 23.1. The molecule has 0 bridgehead atoms. The topological polar surface area (TPSA) is 45.4 Å². The fraction of sp³-hybridized carbons (Fsp3) is 0.167. The maximum atomic E-state index is 15.2. The van der Waals surface area contributed by atoms with Crippen LogP contribution in [0, 0.1) is 40.5 Å². The van der Waals surface area contributed by atoms with Crippen molar-refractivity contribution in [1.29, 1.82) is 5.26 Å². The summed E-state index contributed by atoms with van der Waals surface area (Å²) in [6, 6.07) is 11.8. The monoisotopic (exact) mass is 492 g/mol. The fourth-order valence-electron chi connectivity index (χ4n) is 4.17. The highest BCUT2D eigenvalue weighted by Crippen LogP contribution is 2.50. The Balaban J connectivity index is 1.99. The minimum atomic E-state index is -1.77. The summed E-state index contributed by atoms with van der Waals surface area (Å²) in [7, 11) is 0. The van der Waals surface area contributed by atoms with Crippen LogP contribution in [-0.4, -0.2) is 5.71 Å². The van der Waals surface area contributed by atoms with E-state index >= 15 is 4.39 Å². The molecule has 168 valence electrons. The molecule has 0 N–H and O–H groups in total. The quantitative estimate of drug-likeness (QED) is 0.287. The molecule has 3 nitrogen and oxygen atoms in total. The van der Waals surface area contributed by atoms with Crippen molar-refractivity contribution in [2.45, 2.75) is 18.9 Å². The standard InChI is InChI=1S/C24H14Cl2F4N2O/c1-2-17-23(12-3-5-19(27)13(7-12)11-31)32-33-24(17,14-8-15(25)10-16(26)9-14)18-4-6-20(28)22(30)21(18)29/h3-10,17H,2H2,1H3. The Labute approximate surface area is 196 Å². The molecule has 3 aromatic rings. The van der Waals surface area contributed by atoms with Gasteiger partial charge in [0, 0.05) is 26.7 Å². The van der Waals surface area contributed by atoms with Gasteiger partial charge in [-0.2, -0.15) is 5.26 Å². The Kier molecular flexibility index (Phi) is 6.08. The van der Waals surface area contributed by atoms with Crippen LogP contribution in [-0.2, 0) is 10.4 Å². The Morgan fingerprint density at radius 1 is 0.970 bits per heavy atom. The zero-order chi connectivity index (χ0) is 23.9. The molecule has 33 heavy (non-hydrogen) atoms. The van der Waals surface area contributed by atoms with E-state index in [4.69, 9.17) is 28.0 Å². The molecule has 4 rings (SSSR count). The van der Waals surface area contributed by atoms with Gasteiger partial charge in [0.1, 0.15) is 11.9 Å². The predicted octanol–water partition coefficient (Wildman–Crippen LogP) is 7.13. The van der Waals surface area contributed by atoms with E-state index < -0.39 is 34.8 Å². The molecule has 0 aliphatic carbocycles. The average molecular weight is 493 g/mol. The number of hydrogen-bond donors (Lipinski definition) is 0. The summed E-state index contributed by atoms with van der Waals surface area (Å²) in [5, 5.41) is 13.8. The SMILES string of the molecule is CCC1C(c2ccc(F)c(C#N)c2)=NOC1(c1cc(Cl)cc(Cl)c1)c1ccc(F)c(F)c1F. The van der Waals surface area contributed by atoms with Gasteiger partial charge in [-0.05, 0) is 48.9 Å². The first-order chi connectivity index (χ1) is 15.7. The fourth-order valence-corrected chi connectivity index (χ4v) is 4.70. The summed E-state index contributed by atoms with van der Waals surface area (Å²) in [6.07, 6.45) is 0.292. The molecular formula is C24H14Cl2F4N2O. The molecule has 0 aromatic heterocycles. The Morgan fingerprint density at radius 2 is 1.64 bits per heavy atom.